The number of carbonyl (C=O) groups excluding carboxylic acids is 1. The molecule has 13 heteroatoms. The zero-order valence-corrected chi connectivity index (χ0v) is 20.3. The Morgan fingerprint density at radius 3 is 2.77 bits per heavy atom. The number of carbonyl (C=O) groups is 1. The summed E-state index contributed by atoms with van der Waals surface area (Å²) in [4.78, 5) is 23.3. The van der Waals surface area contributed by atoms with Crippen molar-refractivity contribution in [3.8, 4) is 22.8 Å². The minimum atomic E-state index is -3.54. The fourth-order valence-electron chi connectivity index (χ4n) is 5.93. The summed E-state index contributed by atoms with van der Waals surface area (Å²) < 4.78 is 38.7. The van der Waals surface area contributed by atoms with Crippen LogP contribution >= 0.6 is 0 Å². The van der Waals surface area contributed by atoms with Crippen LogP contribution in [0.3, 0.4) is 0 Å². The van der Waals surface area contributed by atoms with Gasteiger partial charge < -0.3 is 24.8 Å². The first kappa shape index (κ1) is 23.9. The van der Waals surface area contributed by atoms with Gasteiger partial charge in [0.15, 0.2) is 5.65 Å². The van der Waals surface area contributed by atoms with Gasteiger partial charge in [0.1, 0.15) is 11.5 Å². The number of hydrogen-bond donors (Lipinski definition) is 3. The van der Waals surface area contributed by atoms with E-state index in [0.717, 1.165) is 5.69 Å². The minimum Gasteiger partial charge on any atom is -0.491 e. The highest BCUT2D eigenvalue weighted by Crippen LogP contribution is 2.54. The van der Waals surface area contributed by atoms with E-state index in [0.29, 0.717) is 39.7 Å². The number of rotatable bonds is 4. The molecule has 0 saturated heterocycles. The molecular formula is C26H21F2N5O6. The van der Waals surface area contributed by atoms with Crippen molar-refractivity contribution in [2.45, 2.75) is 43.9 Å². The van der Waals surface area contributed by atoms with Gasteiger partial charge in [-0.15, -0.1) is 0 Å². The van der Waals surface area contributed by atoms with Gasteiger partial charge in [-0.25, -0.2) is 9.50 Å². The normalized spacial score (nSPS) is 21.6. The first-order valence-corrected chi connectivity index (χ1v) is 12.2. The third-order valence-electron chi connectivity index (χ3n) is 7.52. The maximum absolute atomic E-state index is 13.4. The molecule has 0 fully saturated rings. The number of benzene rings is 1. The number of fused-ring (bicyclic) bond motifs is 10. The van der Waals surface area contributed by atoms with E-state index in [4.69, 9.17) is 14.5 Å². The minimum absolute atomic E-state index is 0.0258. The largest absolute Gasteiger partial charge is 0.491 e. The SMILES string of the molecule is CC1COc2cc(-c3ccn4nc5c(c4n3)C3CC5N(C(O)(O)O)C(=O)c4cccc(OC(F)F)c43)cnc21. The quantitative estimate of drug-likeness (QED) is 0.335. The number of alkyl halides is 2. The molecule has 3 unspecified atom stereocenters. The molecule has 3 N–H and O–H groups in total. The number of ether oxygens (including phenoxy) is 2. The van der Waals surface area contributed by atoms with Crippen molar-refractivity contribution < 1.29 is 38.4 Å². The second-order valence-electron chi connectivity index (χ2n) is 9.87. The van der Waals surface area contributed by atoms with Crippen molar-refractivity contribution in [3.63, 3.8) is 0 Å². The smallest absolute Gasteiger partial charge is 0.387 e. The predicted octanol–water partition coefficient (Wildman–Crippen LogP) is 2.51. The highest BCUT2D eigenvalue weighted by Gasteiger charge is 2.53. The predicted molar refractivity (Wildman–Crippen MR) is 128 cm³/mol. The van der Waals surface area contributed by atoms with Gasteiger partial charge >= 0.3 is 12.7 Å². The Bertz CT molecular complexity index is 1670. The van der Waals surface area contributed by atoms with E-state index in [2.05, 4.69) is 10.1 Å². The first-order valence-electron chi connectivity index (χ1n) is 12.2. The average molecular weight is 537 g/mol. The first-order chi connectivity index (χ1) is 18.6. The Balaban J connectivity index is 1.44. The molecule has 0 saturated carbocycles. The molecule has 200 valence electrons. The van der Waals surface area contributed by atoms with Crippen LogP contribution in [-0.4, -0.2) is 65.0 Å². The van der Waals surface area contributed by atoms with Crippen LogP contribution < -0.4 is 9.47 Å². The number of aliphatic hydroxyl groups is 3. The molecule has 39 heavy (non-hydrogen) atoms. The standard InChI is InChI=1S/C26H21F2N5O6/c1-11-10-38-18-7-12(9-29-21(11)18)15-5-6-32-23(30-15)20-14-8-16(22(20)31-32)33(26(35,36)37)24(34)13-3-2-4-17(19(13)14)39-25(27)28/h2-7,9,11,14,16,25,35-37H,8,10H2,1H3. The van der Waals surface area contributed by atoms with Crippen LogP contribution in [0.1, 0.15) is 64.1 Å². The monoisotopic (exact) mass is 537 g/mol. The van der Waals surface area contributed by atoms with Crippen LogP contribution in [-0.2, 0) is 0 Å². The van der Waals surface area contributed by atoms with E-state index in [-0.39, 0.29) is 34.9 Å². The van der Waals surface area contributed by atoms with E-state index in [9.17, 15) is 28.9 Å². The molecule has 7 rings (SSSR count). The lowest BCUT2D eigenvalue weighted by molar-refractivity contribution is -0.385. The van der Waals surface area contributed by atoms with Gasteiger partial charge in [0.05, 0.1) is 29.7 Å². The Morgan fingerprint density at radius 1 is 1.18 bits per heavy atom. The third-order valence-corrected chi connectivity index (χ3v) is 7.52. The maximum Gasteiger partial charge on any atom is 0.387 e. The van der Waals surface area contributed by atoms with E-state index in [1.165, 1.54) is 22.7 Å². The van der Waals surface area contributed by atoms with Crippen molar-refractivity contribution >= 4 is 11.6 Å². The van der Waals surface area contributed by atoms with Crippen LogP contribution in [0.4, 0.5) is 8.78 Å². The summed E-state index contributed by atoms with van der Waals surface area (Å²) >= 11 is 0. The van der Waals surface area contributed by atoms with Gasteiger partial charge in [0.2, 0.25) is 0 Å². The number of aromatic nitrogens is 4. The van der Waals surface area contributed by atoms with Gasteiger partial charge in [-0.1, -0.05) is 13.0 Å². The van der Waals surface area contributed by atoms with E-state index in [1.54, 1.807) is 18.5 Å². The molecule has 2 bridgehead atoms. The topological polar surface area (TPSA) is 143 Å². The maximum atomic E-state index is 13.4. The van der Waals surface area contributed by atoms with Crippen molar-refractivity contribution in [2.24, 2.45) is 0 Å². The number of nitrogens with zero attached hydrogens (tertiary/aromatic N) is 5. The molecule has 1 amide bonds. The fourth-order valence-corrected chi connectivity index (χ4v) is 5.93. The van der Waals surface area contributed by atoms with E-state index in [1.807, 2.05) is 13.0 Å². The lowest BCUT2D eigenvalue weighted by Crippen LogP contribution is -2.53. The third kappa shape index (κ3) is 3.50. The summed E-state index contributed by atoms with van der Waals surface area (Å²) in [6, 6.07) is 6.50. The molecule has 1 aliphatic carbocycles. The summed E-state index contributed by atoms with van der Waals surface area (Å²) in [5.74, 6) is -1.08. The Hall–Kier alpha value is -4.20. The molecule has 2 aliphatic heterocycles. The molecule has 0 radical (unpaired) electrons. The summed E-state index contributed by atoms with van der Waals surface area (Å²) in [7, 11) is 0. The lowest BCUT2D eigenvalue weighted by atomic mass is 9.89. The van der Waals surface area contributed by atoms with Gasteiger partial charge in [-0.2, -0.15) is 13.9 Å². The van der Waals surface area contributed by atoms with Crippen molar-refractivity contribution in [1.29, 1.82) is 0 Å². The molecule has 4 aromatic rings. The average Bonchev–Trinajstić information content (AvgIpc) is 3.52. The molecule has 11 nitrogen and oxygen atoms in total. The van der Waals surface area contributed by atoms with Crippen molar-refractivity contribution in [3.05, 3.63) is 70.8 Å². The molecule has 1 aromatic carbocycles. The number of amides is 1. The molecule has 3 aromatic heterocycles. The Morgan fingerprint density at radius 2 is 2.00 bits per heavy atom. The second-order valence-corrected chi connectivity index (χ2v) is 9.87. The second kappa shape index (κ2) is 8.15. The molecular weight excluding hydrogens is 516 g/mol. The highest BCUT2D eigenvalue weighted by molar-refractivity contribution is 5.98. The zero-order chi connectivity index (χ0) is 27.2. The Kier molecular flexibility index (Phi) is 4.99. The van der Waals surface area contributed by atoms with Crippen LogP contribution in [0.2, 0.25) is 0 Å². The van der Waals surface area contributed by atoms with E-state index >= 15 is 0 Å². The summed E-state index contributed by atoms with van der Waals surface area (Å²) in [5, 5.41) is 35.1. The summed E-state index contributed by atoms with van der Waals surface area (Å²) in [5.41, 5.74) is 3.24. The fraction of sp³-hybridized carbons (Fsp3) is 0.308. The summed E-state index contributed by atoms with van der Waals surface area (Å²) in [6.45, 7) is -0.602. The van der Waals surface area contributed by atoms with E-state index < -0.39 is 30.6 Å². The molecule has 5 heterocycles. The Labute approximate surface area is 218 Å². The molecule has 0 spiro atoms. The zero-order valence-electron chi connectivity index (χ0n) is 20.3. The van der Waals surface area contributed by atoms with Crippen LogP contribution in [0.5, 0.6) is 11.5 Å². The summed E-state index contributed by atoms with van der Waals surface area (Å²) in [6.07, 6.45) is -0.170. The number of hydrogen-bond acceptors (Lipinski definition) is 9. The van der Waals surface area contributed by atoms with Crippen LogP contribution in [0, 0.1) is 0 Å². The van der Waals surface area contributed by atoms with Gasteiger partial charge in [0, 0.05) is 46.5 Å². The van der Waals surface area contributed by atoms with Crippen molar-refractivity contribution in [2.75, 3.05) is 6.61 Å². The van der Waals surface area contributed by atoms with Gasteiger partial charge in [0.25, 0.3) is 5.91 Å². The number of halogens is 2. The van der Waals surface area contributed by atoms with Gasteiger partial charge in [-0.3, -0.25) is 14.7 Å². The molecule has 3 atom stereocenters. The highest BCUT2D eigenvalue weighted by atomic mass is 19.3. The van der Waals surface area contributed by atoms with Crippen LogP contribution in [0.15, 0.2) is 42.7 Å². The van der Waals surface area contributed by atoms with Crippen LogP contribution in [0.25, 0.3) is 16.9 Å². The van der Waals surface area contributed by atoms with Gasteiger partial charge in [-0.05, 0) is 30.7 Å². The molecule has 3 aliphatic rings. The van der Waals surface area contributed by atoms with Crippen molar-refractivity contribution in [1.82, 2.24) is 24.5 Å². The lowest BCUT2D eigenvalue weighted by Gasteiger charge is -2.34. The number of pyridine rings is 1.